The lowest BCUT2D eigenvalue weighted by Crippen LogP contribution is -2.22. The predicted molar refractivity (Wildman–Crippen MR) is 210 cm³/mol. The molecule has 5 nitrogen and oxygen atoms in total. The first-order valence-electron chi connectivity index (χ1n) is 17.7. The molecule has 5 heteroatoms. The molecule has 5 aromatic carbocycles. The number of allylic oxidation sites excluding steroid dienone is 8. The van der Waals surface area contributed by atoms with Gasteiger partial charge in [0.25, 0.3) is 0 Å². The van der Waals surface area contributed by atoms with Gasteiger partial charge < -0.3 is 9.13 Å². The molecule has 0 spiro atoms. The van der Waals surface area contributed by atoms with Gasteiger partial charge in [0.15, 0.2) is 0 Å². The molecule has 0 aliphatic heterocycles. The Balaban J connectivity index is 1.10. The highest BCUT2D eigenvalue weighted by molar-refractivity contribution is 6.12. The van der Waals surface area contributed by atoms with Crippen LogP contribution in [0.1, 0.15) is 42.0 Å². The number of benzene rings is 5. The topological polar surface area (TPSA) is 81.2 Å². The number of aromatic nitrogens is 2. The summed E-state index contributed by atoms with van der Waals surface area (Å²) in [6, 6.07) is 41.7. The zero-order chi connectivity index (χ0) is 35.4. The van der Waals surface area contributed by atoms with Gasteiger partial charge in [-0.3, -0.25) is 0 Å². The van der Waals surface area contributed by atoms with Crippen molar-refractivity contribution >= 4 is 49.3 Å². The van der Waals surface area contributed by atoms with Crippen LogP contribution in [0.2, 0.25) is 0 Å². The van der Waals surface area contributed by atoms with E-state index in [4.69, 9.17) is 0 Å². The minimum Gasteiger partial charge on any atom is -0.313 e. The molecule has 2 aliphatic rings. The summed E-state index contributed by atoms with van der Waals surface area (Å²) in [5.74, 6) is 0.229. The molecule has 0 saturated carbocycles. The monoisotopic (exact) mass is 667 g/mol. The van der Waals surface area contributed by atoms with Crippen LogP contribution in [-0.4, -0.2) is 9.13 Å². The Morgan fingerprint density at radius 2 is 1.42 bits per heavy atom. The minimum atomic E-state index is -0.235. The van der Waals surface area contributed by atoms with Crippen molar-refractivity contribution in [3.05, 3.63) is 167 Å². The number of nitriles is 3. The third kappa shape index (κ3) is 4.89. The molecule has 0 amide bonds. The van der Waals surface area contributed by atoms with Gasteiger partial charge in [0.05, 0.1) is 57.0 Å². The van der Waals surface area contributed by atoms with Crippen LogP contribution in [0, 0.1) is 45.3 Å². The van der Waals surface area contributed by atoms with Gasteiger partial charge in [0.2, 0.25) is 0 Å². The van der Waals surface area contributed by atoms with Gasteiger partial charge in [-0.25, -0.2) is 0 Å². The van der Waals surface area contributed by atoms with Crippen molar-refractivity contribution in [2.45, 2.75) is 26.2 Å². The second kappa shape index (κ2) is 12.2. The van der Waals surface area contributed by atoms with Crippen LogP contribution in [0.25, 0.3) is 55.0 Å². The lowest BCUT2D eigenvalue weighted by molar-refractivity contribution is 0.512. The van der Waals surface area contributed by atoms with Crippen molar-refractivity contribution in [3.63, 3.8) is 0 Å². The van der Waals surface area contributed by atoms with Crippen molar-refractivity contribution in [3.8, 4) is 23.9 Å². The van der Waals surface area contributed by atoms with Crippen LogP contribution < -0.4 is 0 Å². The first kappa shape index (κ1) is 31.1. The van der Waals surface area contributed by atoms with E-state index >= 15 is 0 Å². The van der Waals surface area contributed by atoms with E-state index in [-0.39, 0.29) is 11.3 Å². The zero-order valence-corrected chi connectivity index (χ0v) is 28.7. The molecular formula is C47H33N5. The SMILES string of the molecule is CC1(C2=CC(Cc3cc(C#N)ccc3-n3c4ccccc4c4c(C#N)cccc43)CC=C2)C=CC=C(n2c3ccccc3c3cc(C#N)ccc32)C1. The van der Waals surface area contributed by atoms with Crippen LogP contribution in [0.5, 0.6) is 0 Å². The highest BCUT2D eigenvalue weighted by atomic mass is 15.0. The normalized spacial score (nSPS) is 18.3. The van der Waals surface area contributed by atoms with Crippen molar-refractivity contribution in [1.29, 1.82) is 15.8 Å². The number of fused-ring (bicyclic) bond motifs is 6. The fourth-order valence-corrected chi connectivity index (χ4v) is 8.53. The Morgan fingerprint density at radius 1 is 0.712 bits per heavy atom. The van der Waals surface area contributed by atoms with Gasteiger partial charge in [0, 0.05) is 44.8 Å². The van der Waals surface area contributed by atoms with E-state index in [9.17, 15) is 15.8 Å². The average Bonchev–Trinajstić information content (AvgIpc) is 3.70. The third-order valence-corrected chi connectivity index (χ3v) is 11.0. The zero-order valence-electron chi connectivity index (χ0n) is 28.7. The van der Waals surface area contributed by atoms with Gasteiger partial charge in [-0.2, -0.15) is 15.8 Å². The molecule has 0 saturated heterocycles. The van der Waals surface area contributed by atoms with Crippen LogP contribution >= 0.6 is 0 Å². The summed E-state index contributed by atoms with van der Waals surface area (Å²) in [7, 11) is 0. The molecule has 7 aromatic rings. The second-order valence-corrected chi connectivity index (χ2v) is 14.2. The smallest absolute Gasteiger partial charge is 0.0998 e. The fraction of sp³-hybridized carbons (Fsp3) is 0.128. The quantitative estimate of drug-likeness (QED) is 0.183. The van der Waals surface area contributed by atoms with E-state index in [0.29, 0.717) is 16.7 Å². The van der Waals surface area contributed by atoms with E-state index in [1.54, 1.807) is 0 Å². The number of nitrogens with zero attached hydrogens (tertiary/aromatic N) is 5. The maximum atomic E-state index is 10.0. The maximum Gasteiger partial charge on any atom is 0.0998 e. The number of para-hydroxylation sites is 2. The Labute approximate surface area is 302 Å². The van der Waals surface area contributed by atoms with Crippen LogP contribution in [0.15, 0.2) is 145 Å². The molecule has 0 fully saturated rings. The number of rotatable bonds is 5. The Kier molecular flexibility index (Phi) is 7.29. The fourth-order valence-electron chi connectivity index (χ4n) is 8.53. The van der Waals surface area contributed by atoms with Gasteiger partial charge in [-0.05, 0) is 96.6 Å². The third-order valence-electron chi connectivity index (χ3n) is 11.0. The second-order valence-electron chi connectivity index (χ2n) is 14.2. The summed E-state index contributed by atoms with van der Waals surface area (Å²) in [5, 5.41) is 33.8. The molecule has 0 bridgehead atoms. The minimum absolute atomic E-state index is 0.229. The van der Waals surface area contributed by atoms with Crippen molar-refractivity contribution in [1.82, 2.24) is 9.13 Å². The number of hydrogen-bond acceptors (Lipinski definition) is 3. The molecule has 0 N–H and O–H groups in total. The molecule has 52 heavy (non-hydrogen) atoms. The Hall–Kier alpha value is -6.87. The summed E-state index contributed by atoms with van der Waals surface area (Å²) in [6.45, 7) is 2.32. The molecular weight excluding hydrogens is 635 g/mol. The summed E-state index contributed by atoms with van der Waals surface area (Å²) < 4.78 is 4.63. The molecule has 2 atom stereocenters. The average molecular weight is 668 g/mol. The predicted octanol–water partition coefficient (Wildman–Crippen LogP) is 11.1. The maximum absolute atomic E-state index is 10.0. The van der Waals surface area contributed by atoms with E-state index < -0.39 is 0 Å². The van der Waals surface area contributed by atoms with Gasteiger partial charge >= 0.3 is 0 Å². The summed E-state index contributed by atoms with van der Waals surface area (Å²) in [6.07, 6.45) is 16.3. The Bertz CT molecular complexity index is 2890. The van der Waals surface area contributed by atoms with Crippen molar-refractivity contribution in [2.24, 2.45) is 11.3 Å². The van der Waals surface area contributed by atoms with Gasteiger partial charge in [-0.1, -0.05) is 79.8 Å². The lowest BCUT2D eigenvalue weighted by Gasteiger charge is -2.34. The van der Waals surface area contributed by atoms with E-state index in [2.05, 4.69) is 125 Å². The lowest BCUT2D eigenvalue weighted by atomic mass is 9.72. The van der Waals surface area contributed by atoms with E-state index in [0.717, 1.165) is 74.1 Å². The molecule has 246 valence electrons. The highest BCUT2D eigenvalue weighted by Crippen LogP contribution is 2.45. The molecule has 0 radical (unpaired) electrons. The number of hydrogen-bond donors (Lipinski definition) is 0. The molecule has 9 rings (SSSR count). The van der Waals surface area contributed by atoms with Gasteiger partial charge in [0.1, 0.15) is 0 Å². The van der Waals surface area contributed by atoms with Crippen LogP contribution in [0.3, 0.4) is 0 Å². The summed E-state index contributed by atoms with van der Waals surface area (Å²) in [4.78, 5) is 0. The largest absolute Gasteiger partial charge is 0.313 e. The first-order chi connectivity index (χ1) is 25.5. The Morgan fingerprint density at radius 3 is 2.23 bits per heavy atom. The summed E-state index contributed by atoms with van der Waals surface area (Å²) >= 11 is 0. The standard InChI is InChI=1S/C47H33N5/c1-47(22-8-12-37(27-47)51-42-15-4-2-13-38(42)40-26-33(29-49)19-21-44(40)51)36-11-6-9-31(25-36)23-35-24-32(28-48)18-20-41(35)52-43-16-5-3-14-39(43)46-34(30-50)10-7-17-45(46)52/h2-8,10-22,24-26,31H,9,23,27H2,1H3. The van der Waals surface area contributed by atoms with E-state index in [1.165, 1.54) is 11.3 Å². The van der Waals surface area contributed by atoms with Crippen LogP contribution in [-0.2, 0) is 6.42 Å². The van der Waals surface area contributed by atoms with E-state index in [1.807, 2.05) is 48.5 Å². The molecule has 2 unspecified atom stereocenters. The first-order valence-corrected chi connectivity index (χ1v) is 17.7. The highest BCUT2D eigenvalue weighted by Gasteiger charge is 2.31. The molecule has 2 aromatic heterocycles. The van der Waals surface area contributed by atoms with Crippen LogP contribution in [0.4, 0.5) is 0 Å². The summed E-state index contributed by atoms with van der Waals surface area (Å²) in [5.41, 5.74) is 10.6. The van der Waals surface area contributed by atoms with Crippen molar-refractivity contribution in [2.75, 3.05) is 0 Å². The molecule has 2 heterocycles. The van der Waals surface area contributed by atoms with Gasteiger partial charge in [-0.15, -0.1) is 0 Å². The van der Waals surface area contributed by atoms with Crippen molar-refractivity contribution < 1.29 is 0 Å². The molecule has 2 aliphatic carbocycles.